The van der Waals surface area contributed by atoms with Gasteiger partial charge in [0.15, 0.2) is 0 Å². The molecule has 0 aliphatic rings. The Hall–Kier alpha value is -0.780. The minimum Gasteiger partial charge on any atom is -0.0628 e. The van der Waals surface area contributed by atoms with Crippen LogP contribution in [-0.2, 0) is 0 Å². The summed E-state index contributed by atoms with van der Waals surface area (Å²) in [7, 11) is 0. The number of rotatable bonds is 9. The Morgan fingerprint density at radius 1 is 0.800 bits per heavy atom. The lowest BCUT2D eigenvalue weighted by atomic mass is 9.55. The summed E-state index contributed by atoms with van der Waals surface area (Å²) in [6.45, 7) is 21.9. The van der Waals surface area contributed by atoms with Crippen LogP contribution in [0, 0.1) is 22.2 Å². The highest BCUT2D eigenvalue weighted by atomic mass is 14.5. The number of benzene rings is 1. The lowest BCUT2D eigenvalue weighted by Crippen LogP contribution is -2.39. The van der Waals surface area contributed by atoms with Crippen LogP contribution in [0.4, 0.5) is 0 Å². The second-order valence-corrected chi connectivity index (χ2v) is 11.0. The quantitative estimate of drug-likeness (QED) is 0.394. The van der Waals surface area contributed by atoms with Crippen molar-refractivity contribution in [2.75, 3.05) is 0 Å². The SMILES string of the molecule is CC(C)CCCCC(C)(C)C(C)(C)C(CC(C)(C)C)c1ccccc1. The first-order valence-corrected chi connectivity index (χ1v) is 10.4. The molecule has 0 saturated carbocycles. The Kier molecular flexibility index (Phi) is 7.78. The molecule has 0 nitrogen and oxygen atoms in total. The van der Waals surface area contributed by atoms with Crippen molar-refractivity contribution in [3.8, 4) is 0 Å². The Bertz CT molecular complexity index is 485. The molecular formula is C25H44. The van der Waals surface area contributed by atoms with Crippen molar-refractivity contribution in [1.29, 1.82) is 0 Å². The number of hydrogen-bond donors (Lipinski definition) is 0. The van der Waals surface area contributed by atoms with Crippen LogP contribution in [0.25, 0.3) is 0 Å². The van der Waals surface area contributed by atoms with Gasteiger partial charge in [0.2, 0.25) is 0 Å². The van der Waals surface area contributed by atoms with E-state index in [0.29, 0.717) is 16.7 Å². The minimum absolute atomic E-state index is 0.263. The predicted octanol–water partition coefficient (Wildman–Crippen LogP) is 8.48. The van der Waals surface area contributed by atoms with Crippen LogP contribution in [0.5, 0.6) is 0 Å². The second-order valence-electron chi connectivity index (χ2n) is 11.0. The maximum Gasteiger partial charge on any atom is -0.0101 e. The Morgan fingerprint density at radius 2 is 1.36 bits per heavy atom. The number of hydrogen-bond acceptors (Lipinski definition) is 0. The number of unbranched alkanes of at least 4 members (excludes halogenated alkanes) is 1. The molecule has 1 aromatic rings. The third kappa shape index (κ3) is 6.80. The van der Waals surface area contributed by atoms with Crippen LogP contribution in [0.2, 0.25) is 0 Å². The van der Waals surface area contributed by atoms with Crippen molar-refractivity contribution >= 4 is 0 Å². The molecule has 1 rings (SSSR count). The zero-order valence-corrected chi connectivity index (χ0v) is 18.6. The van der Waals surface area contributed by atoms with Crippen molar-refractivity contribution in [3.05, 3.63) is 35.9 Å². The zero-order chi connectivity index (χ0) is 19.3. The van der Waals surface area contributed by atoms with Crippen LogP contribution >= 0.6 is 0 Å². The first kappa shape index (κ1) is 22.3. The molecule has 0 amide bonds. The zero-order valence-electron chi connectivity index (χ0n) is 18.6. The maximum absolute atomic E-state index is 2.51. The van der Waals surface area contributed by atoms with Crippen molar-refractivity contribution in [2.24, 2.45) is 22.2 Å². The van der Waals surface area contributed by atoms with E-state index in [1.807, 2.05) is 0 Å². The first-order chi connectivity index (χ1) is 11.4. The molecule has 1 aromatic carbocycles. The van der Waals surface area contributed by atoms with Crippen LogP contribution in [0.1, 0.15) is 106 Å². The van der Waals surface area contributed by atoms with Gasteiger partial charge in [-0.2, -0.15) is 0 Å². The van der Waals surface area contributed by atoms with Crippen LogP contribution in [0.3, 0.4) is 0 Å². The molecule has 1 atom stereocenters. The summed E-state index contributed by atoms with van der Waals surface area (Å²) >= 11 is 0. The van der Waals surface area contributed by atoms with Gasteiger partial charge in [0, 0.05) is 0 Å². The molecule has 1 unspecified atom stereocenters. The van der Waals surface area contributed by atoms with Crippen molar-refractivity contribution in [1.82, 2.24) is 0 Å². The molecule has 0 radical (unpaired) electrons. The molecule has 144 valence electrons. The standard InChI is InChI=1S/C25H44/c1-20(2)15-13-14-18-24(6,7)25(8,9)22(19-23(3,4)5)21-16-11-10-12-17-21/h10-12,16-17,20,22H,13-15,18-19H2,1-9H3. The van der Waals surface area contributed by atoms with E-state index < -0.39 is 0 Å². The molecule has 0 aliphatic carbocycles. The van der Waals surface area contributed by atoms with Gasteiger partial charge in [0.25, 0.3) is 0 Å². The lowest BCUT2D eigenvalue weighted by Gasteiger charge is -2.49. The second kappa shape index (κ2) is 8.74. The van der Waals surface area contributed by atoms with Gasteiger partial charge in [-0.25, -0.2) is 0 Å². The Balaban J connectivity index is 3.00. The third-order valence-electron chi connectivity index (χ3n) is 6.47. The summed E-state index contributed by atoms with van der Waals surface area (Å²) in [6, 6.07) is 11.2. The maximum atomic E-state index is 2.51. The normalized spacial score (nSPS) is 14.8. The van der Waals surface area contributed by atoms with Crippen molar-refractivity contribution in [2.45, 2.75) is 100 Å². The van der Waals surface area contributed by atoms with E-state index in [1.54, 1.807) is 0 Å². The largest absolute Gasteiger partial charge is 0.0628 e. The predicted molar refractivity (Wildman–Crippen MR) is 114 cm³/mol. The highest BCUT2D eigenvalue weighted by molar-refractivity contribution is 5.23. The summed E-state index contributed by atoms with van der Waals surface area (Å²) in [5, 5.41) is 0. The summed E-state index contributed by atoms with van der Waals surface area (Å²) in [5.41, 5.74) is 2.44. The van der Waals surface area contributed by atoms with E-state index in [1.165, 1.54) is 37.7 Å². The monoisotopic (exact) mass is 344 g/mol. The first-order valence-electron chi connectivity index (χ1n) is 10.4. The highest BCUT2D eigenvalue weighted by Gasteiger charge is 2.44. The van der Waals surface area contributed by atoms with E-state index in [2.05, 4.69) is 92.6 Å². The Morgan fingerprint density at radius 3 is 1.84 bits per heavy atom. The molecule has 25 heavy (non-hydrogen) atoms. The van der Waals surface area contributed by atoms with Gasteiger partial charge in [-0.3, -0.25) is 0 Å². The topological polar surface area (TPSA) is 0 Å². The van der Waals surface area contributed by atoms with E-state index >= 15 is 0 Å². The summed E-state index contributed by atoms with van der Waals surface area (Å²) in [5.74, 6) is 1.42. The van der Waals surface area contributed by atoms with Gasteiger partial charge in [0.05, 0.1) is 0 Å². The molecule has 0 aliphatic heterocycles. The summed E-state index contributed by atoms with van der Waals surface area (Å²) in [6.07, 6.45) is 6.64. The van der Waals surface area contributed by atoms with Gasteiger partial charge < -0.3 is 0 Å². The molecule has 0 heterocycles. The average molecular weight is 345 g/mol. The van der Waals surface area contributed by atoms with Gasteiger partial charge in [-0.1, -0.05) is 112 Å². The smallest absolute Gasteiger partial charge is 0.0101 e. The molecule has 0 saturated heterocycles. The van der Waals surface area contributed by atoms with E-state index in [-0.39, 0.29) is 5.41 Å². The molecule has 0 heteroatoms. The van der Waals surface area contributed by atoms with Gasteiger partial charge in [0.1, 0.15) is 0 Å². The highest BCUT2D eigenvalue weighted by Crippen LogP contribution is 2.54. The van der Waals surface area contributed by atoms with E-state index in [9.17, 15) is 0 Å². The molecular weight excluding hydrogens is 300 g/mol. The molecule has 0 aromatic heterocycles. The van der Waals surface area contributed by atoms with Gasteiger partial charge in [-0.15, -0.1) is 0 Å². The molecule has 0 N–H and O–H groups in total. The fourth-order valence-corrected chi connectivity index (χ4v) is 4.00. The van der Waals surface area contributed by atoms with Gasteiger partial charge >= 0.3 is 0 Å². The summed E-state index contributed by atoms with van der Waals surface area (Å²) in [4.78, 5) is 0. The fraction of sp³-hybridized carbons (Fsp3) is 0.760. The summed E-state index contributed by atoms with van der Waals surface area (Å²) < 4.78 is 0. The van der Waals surface area contributed by atoms with Crippen LogP contribution < -0.4 is 0 Å². The Labute approximate surface area is 158 Å². The van der Waals surface area contributed by atoms with Crippen molar-refractivity contribution < 1.29 is 0 Å². The van der Waals surface area contributed by atoms with E-state index in [4.69, 9.17) is 0 Å². The molecule has 0 fully saturated rings. The lowest BCUT2D eigenvalue weighted by molar-refractivity contribution is 0.0460. The minimum atomic E-state index is 0.263. The van der Waals surface area contributed by atoms with Gasteiger partial charge in [-0.05, 0) is 46.5 Å². The fourth-order valence-electron chi connectivity index (χ4n) is 4.00. The van der Waals surface area contributed by atoms with Crippen LogP contribution in [-0.4, -0.2) is 0 Å². The van der Waals surface area contributed by atoms with E-state index in [0.717, 1.165) is 5.92 Å². The molecule has 0 spiro atoms. The average Bonchev–Trinajstić information content (AvgIpc) is 2.49. The van der Waals surface area contributed by atoms with Crippen molar-refractivity contribution in [3.63, 3.8) is 0 Å². The van der Waals surface area contributed by atoms with Crippen LogP contribution in [0.15, 0.2) is 30.3 Å². The third-order valence-corrected chi connectivity index (χ3v) is 6.47. The molecule has 0 bridgehead atoms.